The Morgan fingerprint density at radius 1 is 1.29 bits per heavy atom. The Bertz CT molecular complexity index is 1160. The van der Waals surface area contributed by atoms with E-state index in [9.17, 15) is 18.4 Å². The lowest BCUT2D eigenvalue weighted by molar-refractivity contribution is -0.125. The lowest BCUT2D eigenvalue weighted by Crippen LogP contribution is -2.32. The van der Waals surface area contributed by atoms with Gasteiger partial charge < -0.3 is 9.84 Å². The highest BCUT2D eigenvalue weighted by Crippen LogP contribution is 2.19. The predicted octanol–water partition coefficient (Wildman–Crippen LogP) is 2.25. The van der Waals surface area contributed by atoms with Crippen LogP contribution in [-0.2, 0) is 30.8 Å². The largest absolute Gasteiger partial charge is 0.361 e. The Labute approximate surface area is 176 Å². The predicted molar refractivity (Wildman–Crippen MR) is 106 cm³/mol. The molecule has 1 N–H and O–H groups in total. The summed E-state index contributed by atoms with van der Waals surface area (Å²) in [5, 5.41) is 11.1. The van der Waals surface area contributed by atoms with Crippen molar-refractivity contribution in [3.63, 3.8) is 0 Å². The Morgan fingerprint density at radius 2 is 2.10 bits per heavy atom. The van der Waals surface area contributed by atoms with Gasteiger partial charge in [-0.15, -0.1) is 0 Å². The van der Waals surface area contributed by atoms with Gasteiger partial charge in [-0.3, -0.25) is 9.36 Å². The smallest absolute Gasteiger partial charge is 0.346 e. The molecule has 0 saturated heterocycles. The van der Waals surface area contributed by atoms with Crippen molar-refractivity contribution in [1.82, 2.24) is 24.8 Å². The van der Waals surface area contributed by atoms with Crippen molar-refractivity contribution in [2.75, 3.05) is 0 Å². The van der Waals surface area contributed by atoms with Crippen LogP contribution in [0.15, 0.2) is 27.5 Å². The van der Waals surface area contributed by atoms with Crippen LogP contribution in [0.1, 0.15) is 41.2 Å². The molecule has 1 atom stereocenters. The van der Waals surface area contributed by atoms with Crippen LogP contribution in [0.5, 0.6) is 0 Å². The minimum absolute atomic E-state index is 0.0176. The number of amides is 1. The van der Waals surface area contributed by atoms with Gasteiger partial charge in [-0.2, -0.15) is 5.10 Å². The molecule has 2 aromatic heterocycles. The van der Waals surface area contributed by atoms with E-state index in [-0.39, 0.29) is 36.2 Å². The summed E-state index contributed by atoms with van der Waals surface area (Å²) < 4.78 is 34.9. The van der Waals surface area contributed by atoms with Gasteiger partial charge in [-0.05, 0) is 32.8 Å². The van der Waals surface area contributed by atoms with Crippen molar-refractivity contribution < 1.29 is 18.1 Å². The third-order valence-corrected chi connectivity index (χ3v) is 5.75. The number of hydrogen-bond acceptors (Lipinski definition) is 5. The maximum atomic E-state index is 13.8. The molecule has 1 unspecified atom stereocenters. The zero-order valence-corrected chi connectivity index (χ0v) is 17.3. The number of carbonyl (C=O) groups excluding carboxylic acids is 1. The number of nitrogens with zero attached hydrogens (tertiary/aromatic N) is 4. The van der Waals surface area contributed by atoms with E-state index in [4.69, 9.17) is 4.52 Å². The monoisotopic (exact) mass is 431 g/mol. The van der Waals surface area contributed by atoms with Gasteiger partial charge in [-0.25, -0.2) is 18.3 Å². The number of aryl methyl sites for hydroxylation is 3. The summed E-state index contributed by atoms with van der Waals surface area (Å²) in [5.74, 6) is -0.601. The molecular formula is C21H23F2N5O3. The summed E-state index contributed by atoms with van der Waals surface area (Å²) in [6.07, 6.45) is 1.48. The van der Waals surface area contributed by atoms with Crippen LogP contribution < -0.4 is 11.0 Å². The molecule has 10 heteroatoms. The van der Waals surface area contributed by atoms with E-state index < -0.39 is 11.6 Å². The molecule has 164 valence electrons. The molecule has 8 nitrogen and oxygen atoms in total. The first-order valence-corrected chi connectivity index (χ1v) is 10.1. The fraction of sp³-hybridized carbons (Fsp3) is 0.429. The molecule has 1 aliphatic heterocycles. The molecule has 1 aromatic carbocycles. The fourth-order valence-corrected chi connectivity index (χ4v) is 3.86. The lowest BCUT2D eigenvalue weighted by atomic mass is 9.99. The van der Waals surface area contributed by atoms with E-state index in [1.54, 1.807) is 11.5 Å². The Balaban J connectivity index is 1.40. The maximum Gasteiger partial charge on any atom is 0.346 e. The van der Waals surface area contributed by atoms with Crippen molar-refractivity contribution in [2.45, 2.75) is 52.7 Å². The van der Waals surface area contributed by atoms with E-state index in [0.29, 0.717) is 37.4 Å². The standard InChI is InChI=1S/C21H23F2N5O3/c1-12-17(13(2)31-26-12)11-28-21(30)27-8-7-14(4-6-19(27)25-28)20(29)24-10-15-3-5-16(22)9-18(15)23/h3,5,9,14H,4,6-8,10-11H2,1-2H3,(H,24,29). The summed E-state index contributed by atoms with van der Waals surface area (Å²) in [7, 11) is 0. The molecular weight excluding hydrogens is 408 g/mol. The van der Waals surface area contributed by atoms with E-state index in [2.05, 4.69) is 15.6 Å². The number of hydrogen-bond donors (Lipinski definition) is 1. The number of halogens is 2. The number of fused-ring (bicyclic) bond motifs is 1. The third-order valence-electron chi connectivity index (χ3n) is 5.75. The van der Waals surface area contributed by atoms with Gasteiger partial charge in [0.15, 0.2) is 0 Å². The van der Waals surface area contributed by atoms with Gasteiger partial charge in [0, 0.05) is 42.6 Å². The quantitative estimate of drug-likeness (QED) is 0.669. The van der Waals surface area contributed by atoms with Crippen LogP contribution in [0.4, 0.5) is 8.78 Å². The van der Waals surface area contributed by atoms with Crippen LogP contribution in [0, 0.1) is 31.4 Å². The van der Waals surface area contributed by atoms with E-state index >= 15 is 0 Å². The molecule has 0 spiro atoms. The summed E-state index contributed by atoms with van der Waals surface area (Å²) in [6.45, 7) is 4.25. The highest BCUT2D eigenvalue weighted by molar-refractivity contribution is 5.78. The number of benzene rings is 1. The number of nitrogens with one attached hydrogen (secondary N) is 1. The zero-order chi connectivity index (χ0) is 22.1. The normalized spacial score (nSPS) is 16.1. The van der Waals surface area contributed by atoms with Crippen molar-refractivity contribution in [1.29, 1.82) is 0 Å². The second-order valence-electron chi connectivity index (χ2n) is 7.79. The molecule has 0 saturated carbocycles. The summed E-state index contributed by atoms with van der Waals surface area (Å²) in [6, 6.07) is 3.26. The average Bonchev–Trinajstić information content (AvgIpc) is 3.11. The first-order valence-electron chi connectivity index (χ1n) is 10.1. The van der Waals surface area contributed by atoms with Gasteiger partial charge in [0.05, 0.1) is 12.2 Å². The van der Waals surface area contributed by atoms with Gasteiger partial charge in [-0.1, -0.05) is 11.2 Å². The molecule has 0 radical (unpaired) electrons. The van der Waals surface area contributed by atoms with Crippen molar-refractivity contribution in [3.05, 3.63) is 68.7 Å². The highest BCUT2D eigenvalue weighted by Gasteiger charge is 2.26. The van der Waals surface area contributed by atoms with E-state index in [0.717, 1.165) is 23.4 Å². The lowest BCUT2D eigenvalue weighted by Gasteiger charge is -2.14. The second-order valence-corrected chi connectivity index (χ2v) is 7.79. The first-order chi connectivity index (χ1) is 14.8. The van der Waals surface area contributed by atoms with Crippen molar-refractivity contribution >= 4 is 5.91 Å². The molecule has 0 fully saturated rings. The fourth-order valence-electron chi connectivity index (χ4n) is 3.86. The summed E-state index contributed by atoms with van der Waals surface area (Å²) >= 11 is 0. The minimum atomic E-state index is -0.694. The highest BCUT2D eigenvalue weighted by atomic mass is 19.1. The summed E-state index contributed by atoms with van der Waals surface area (Å²) in [5.41, 5.74) is 1.55. The van der Waals surface area contributed by atoms with Crippen LogP contribution in [0.3, 0.4) is 0 Å². The van der Waals surface area contributed by atoms with Crippen LogP contribution in [0.2, 0.25) is 0 Å². The number of aromatic nitrogens is 4. The molecule has 4 rings (SSSR count). The van der Waals surface area contributed by atoms with Gasteiger partial charge >= 0.3 is 5.69 Å². The molecule has 1 amide bonds. The molecule has 1 aliphatic rings. The third kappa shape index (κ3) is 4.28. The molecule has 3 aromatic rings. The topological polar surface area (TPSA) is 94.9 Å². The Morgan fingerprint density at radius 3 is 2.81 bits per heavy atom. The molecule has 3 heterocycles. The van der Waals surface area contributed by atoms with Crippen molar-refractivity contribution in [3.8, 4) is 0 Å². The second kappa shape index (κ2) is 8.44. The summed E-state index contributed by atoms with van der Waals surface area (Å²) in [4.78, 5) is 25.4. The first kappa shape index (κ1) is 21.0. The van der Waals surface area contributed by atoms with E-state index in [1.165, 1.54) is 10.7 Å². The van der Waals surface area contributed by atoms with Crippen LogP contribution >= 0.6 is 0 Å². The van der Waals surface area contributed by atoms with Crippen LogP contribution in [0.25, 0.3) is 0 Å². The maximum absolute atomic E-state index is 13.8. The Kier molecular flexibility index (Phi) is 5.71. The molecule has 0 aliphatic carbocycles. The van der Waals surface area contributed by atoms with Gasteiger partial charge in [0.25, 0.3) is 0 Å². The minimum Gasteiger partial charge on any atom is -0.361 e. The van der Waals surface area contributed by atoms with E-state index in [1.807, 2.05) is 6.92 Å². The average molecular weight is 431 g/mol. The number of carbonyl (C=O) groups is 1. The Hall–Kier alpha value is -3.30. The van der Waals surface area contributed by atoms with Crippen molar-refractivity contribution in [2.24, 2.45) is 5.92 Å². The SMILES string of the molecule is Cc1noc(C)c1Cn1nc2n(c1=O)CCC(C(=O)NCc1ccc(F)cc1F)CC2. The van der Waals surface area contributed by atoms with Crippen LogP contribution in [-0.4, -0.2) is 25.4 Å². The number of rotatable bonds is 5. The van der Waals surface area contributed by atoms with Gasteiger partial charge in [0.2, 0.25) is 5.91 Å². The zero-order valence-electron chi connectivity index (χ0n) is 17.3. The molecule has 31 heavy (non-hydrogen) atoms. The van der Waals surface area contributed by atoms with Gasteiger partial charge in [0.1, 0.15) is 23.2 Å². The molecule has 0 bridgehead atoms.